The molecule has 0 aromatic carbocycles. The summed E-state index contributed by atoms with van der Waals surface area (Å²) in [5.74, 6) is -0.308. The zero-order valence-electron chi connectivity index (χ0n) is 12.9. The molecule has 0 rings (SSSR count). The average Bonchev–Trinajstić information content (AvgIpc) is 2.11. The van der Waals surface area contributed by atoms with Crippen molar-refractivity contribution in [3.63, 3.8) is 0 Å². The van der Waals surface area contributed by atoms with Crippen molar-refractivity contribution in [1.82, 2.24) is 10.6 Å². The lowest BCUT2D eigenvalue weighted by atomic mass is 9.99. The predicted octanol–water partition coefficient (Wildman–Crippen LogP) is 1.82. The number of hydrogen-bond acceptors (Lipinski definition) is 3. The Hall–Kier alpha value is -0.610. The standard InChI is InChI=1S/C14H30N2O2/c1-8-9-10(15-13(2,3)4)11(17)12(18)16-14(5,6)7/h10-11,15,17H,8-9H2,1-7H3,(H,16,18). The van der Waals surface area contributed by atoms with Crippen LogP contribution in [0.1, 0.15) is 61.3 Å². The van der Waals surface area contributed by atoms with Gasteiger partial charge in [0.05, 0.1) is 0 Å². The topological polar surface area (TPSA) is 61.4 Å². The number of aliphatic hydroxyl groups is 1. The third-order valence-corrected chi connectivity index (χ3v) is 2.37. The molecule has 0 spiro atoms. The van der Waals surface area contributed by atoms with Crippen molar-refractivity contribution in [3.05, 3.63) is 0 Å². The SMILES string of the molecule is CCCC(NC(C)(C)C)C(O)C(=O)NC(C)(C)C. The van der Waals surface area contributed by atoms with E-state index in [4.69, 9.17) is 0 Å². The van der Waals surface area contributed by atoms with E-state index in [0.29, 0.717) is 0 Å². The van der Waals surface area contributed by atoms with Crippen LogP contribution in [-0.2, 0) is 4.79 Å². The fraction of sp³-hybridized carbons (Fsp3) is 0.929. The monoisotopic (exact) mass is 258 g/mol. The van der Waals surface area contributed by atoms with Gasteiger partial charge >= 0.3 is 0 Å². The molecular formula is C14H30N2O2. The summed E-state index contributed by atoms with van der Waals surface area (Å²) in [4.78, 5) is 12.0. The van der Waals surface area contributed by atoms with Gasteiger partial charge in [-0.05, 0) is 48.0 Å². The van der Waals surface area contributed by atoms with Crippen LogP contribution < -0.4 is 10.6 Å². The highest BCUT2D eigenvalue weighted by atomic mass is 16.3. The second kappa shape index (κ2) is 6.53. The van der Waals surface area contributed by atoms with Crippen LogP contribution in [0.15, 0.2) is 0 Å². The highest BCUT2D eigenvalue weighted by Gasteiger charge is 2.30. The predicted molar refractivity (Wildman–Crippen MR) is 75.5 cm³/mol. The van der Waals surface area contributed by atoms with Gasteiger partial charge in [0.25, 0.3) is 5.91 Å². The molecule has 1 amide bonds. The molecule has 0 saturated carbocycles. The second-order valence-corrected chi connectivity index (χ2v) is 6.97. The molecule has 0 aromatic rings. The van der Waals surface area contributed by atoms with Crippen LogP contribution >= 0.6 is 0 Å². The summed E-state index contributed by atoms with van der Waals surface area (Å²) in [6, 6.07) is -0.211. The number of amides is 1. The fourth-order valence-corrected chi connectivity index (χ4v) is 1.80. The minimum Gasteiger partial charge on any atom is -0.382 e. The molecule has 4 heteroatoms. The fourth-order valence-electron chi connectivity index (χ4n) is 1.80. The molecule has 108 valence electrons. The van der Waals surface area contributed by atoms with E-state index in [1.165, 1.54) is 0 Å². The van der Waals surface area contributed by atoms with Gasteiger partial charge in [0.2, 0.25) is 0 Å². The van der Waals surface area contributed by atoms with Crippen LogP contribution in [0.5, 0.6) is 0 Å². The molecule has 2 unspecified atom stereocenters. The number of nitrogens with one attached hydrogen (secondary N) is 2. The first-order valence-corrected chi connectivity index (χ1v) is 6.74. The summed E-state index contributed by atoms with van der Waals surface area (Å²) in [6.07, 6.45) is 0.687. The first-order valence-electron chi connectivity index (χ1n) is 6.74. The number of hydrogen-bond donors (Lipinski definition) is 3. The van der Waals surface area contributed by atoms with E-state index in [1.807, 2.05) is 48.5 Å². The number of carbonyl (C=O) groups is 1. The molecule has 0 radical (unpaired) electrons. The summed E-state index contributed by atoms with van der Waals surface area (Å²) < 4.78 is 0. The highest BCUT2D eigenvalue weighted by molar-refractivity contribution is 5.81. The van der Waals surface area contributed by atoms with Gasteiger partial charge in [-0.2, -0.15) is 0 Å². The van der Waals surface area contributed by atoms with E-state index in [2.05, 4.69) is 10.6 Å². The Bertz CT molecular complexity index is 264. The second-order valence-electron chi connectivity index (χ2n) is 6.97. The van der Waals surface area contributed by atoms with E-state index in [-0.39, 0.29) is 23.0 Å². The maximum absolute atomic E-state index is 12.0. The molecule has 2 atom stereocenters. The van der Waals surface area contributed by atoms with Crippen LogP contribution in [-0.4, -0.2) is 34.2 Å². The Morgan fingerprint density at radius 3 is 1.94 bits per heavy atom. The van der Waals surface area contributed by atoms with Crippen LogP contribution in [0.25, 0.3) is 0 Å². The van der Waals surface area contributed by atoms with Gasteiger partial charge < -0.3 is 15.7 Å². The van der Waals surface area contributed by atoms with Crippen molar-refractivity contribution in [2.24, 2.45) is 0 Å². The smallest absolute Gasteiger partial charge is 0.250 e. The maximum atomic E-state index is 12.0. The Labute approximate surface area is 112 Å². The highest BCUT2D eigenvalue weighted by Crippen LogP contribution is 2.11. The minimum atomic E-state index is -1.01. The molecule has 0 aliphatic carbocycles. The van der Waals surface area contributed by atoms with Crippen molar-refractivity contribution in [2.75, 3.05) is 0 Å². The van der Waals surface area contributed by atoms with Crippen LogP contribution in [0.4, 0.5) is 0 Å². The number of aliphatic hydroxyl groups excluding tert-OH is 1. The van der Waals surface area contributed by atoms with E-state index in [0.717, 1.165) is 12.8 Å². The molecule has 0 aliphatic rings. The van der Waals surface area contributed by atoms with Gasteiger partial charge in [-0.1, -0.05) is 13.3 Å². The number of rotatable bonds is 5. The normalized spacial score (nSPS) is 16.2. The molecule has 0 fully saturated rings. The molecular weight excluding hydrogens is 228 g/mol. The van der Waals surface area contributed by atoms with E-state index in [1.54, 1.807) is 0 Å². The van der Waals surface area contributed by atoms with Gasteiger partial charge in [-0.15, -0.1) is 0 Å². The van der Waals surface area contributed by atoms with Crippen LogP contribution in [0, 0.1) is 0 Å². The first-order chi connectivity index (χ1) is 7.96. The Morgan fingerprint density at radius 2 is 1.61 bits per heavy atom. The minimum absolute atomic E-state index is 0.122. The summed E-state index contributed by atoms with van der Waals surface area (Å²) in [6.45, 7) is 13.9. The summed E-state index contributed by atoms with van der Waals surface area (Å²) in [7, 11) is 0. The van der Waals surface area contributed by atoms with Crippen molar-refractivity contribution in [1.29, 1.82) is 0 Å². The average molecular weight is 258 g/mol. The van der Waals surface area contributed by atoms with Gasteiger partial charge in [-0.3, -0.25) is 4.79 Å². The summed E-state index contributed by atoms with van der Waals surface area (Å²) in [5, 5.41) is 16.3. The molecule has 0 aliphatic heterocycles. The van der Waals surface area contributed by atoms with Crippen molar-refractivity contribution < 1.29 is 9.90 Å². The third-order valence-electron chi connectivity index (χ3n) is 2.37. The van der Waals surface area contributed by atoms with Crippen molar-refractivity contribution in [2.45, 2.75) is 84.5 Å². The molecule has 0 aromatic heterocycles. The lowest BCUT2D eigenvalue weighted by molar-refractivity contribution is -0.132. The van der Waals surface area contributed by atoms with Gasteiger partial charge in [0.1, 0.15) is 6.10 Å². The van der Waals surface area contributed by atoms with E-state index < -0.39 is 6.10 Å². The lowest BCUT2D eigenvalue weighted by Crippen LogP contribution is -2.56. The zero-order valence-corrected chi connectivity index (χ0v) is 12.9. The first kappa shape index (κ1) is 17.4. The van der Waals surface area contributed by atoms with Gasteiger partial charge in [0, 0.05) is 17.1 Å². The van der Waals surface area contributed by atoms with Crippen LogP contribution in [0.3, 0.4) is 0 Å². The molecule has 3 N–H and O–H groups in total. The largest absolute Gasteiger partial charge is 0.382 e. The lowest BCUT2D eigenvalue weighted by Gasteiger charge is -2.32. The zero-order chi connectivity index (χ0) is 14.6. The third kappa shape index (κ3) is 7.67. The van der Waals surface area contributed by atoms with E-state index >= 15 is 0 Å². The van der Waals surface area contributed by atoms with Crippen molar-refractivity contribution in [3.8, 4) is 0 Å². The quantitative estimate of drug-likeness (QED) is 0.705. The molecule has 0 saturated heterocycles. The van der Waals surface area contributed by atoms with Gasteiger partial charge in [-0.25, -0.2) is 0 Å². The van der Waals surface area contributed by atoms with Gasteiger partial charge in [0.15, 0.2) is 0 Å². The van der Waals surface area contributed by atoms with E-state index in [9.17, 15) is 9.90 Å². The summed E-state index contributed by atoms with van der Waals surface area (Å²) in [5.41, 5.74) is -0.445. The molecule has 18 heavy (non-hydrogen) atoms. The Morgan fingerprint density at radius 1 is 1.11 bits per heavy atom. The molecule has 0 bridgehead atoms. The molecule has 4 nitrogen and oxygen atoms in total. The van der Waals surface area contributed by atoms with Crippen molar-refractivity contribution >= 4 is 5.91 Å². The Kier molecular flexibility index (Phi) is 6.30. The molecule has 0 heterocycles. The maximum Gasteiger partial charge on any atom is 0.250 e. The summed E-state index contributed by atoms with van der Waals surface area (Å²) >= 11 is 0. The van der Waals surface area contributed by atoms with Crippen LogP contribution in [0.2, 0.25) is 0 Å². The Balaban J connectivity index is 4.65. The number of carbonyl (C=O) groups excluding carboxylic acids is 1.